The van der Waals surface area contributed by atoms with Crippen LogP contribution in [0.25, 0.3) is 0 Å². The number of para-hydroxylation sites is 1. The van der Waals surface area contributed by atoms with Gasteiger partial charge in [-0.15, -0.1) is 0 Å². The standard InChI is InChI=1S/C11H11NO2S/c1-15-7-6-12-9-5-3-2-4-8(9)10(13)11(12)14/h2-5H,6-7H2,1H3. The summed E-state index contributed by atoms with van der Waals surface area (Å²) in [4.78, 5) is 24.8. The number of rotatable bonds is 3. The summed E-state index contributed by atoms with van der Waals surface area (Å²) in [6.07, 6.45) is 1.98. The summed E-state index contributed by atoms with van der Waals surface area (Å²) in [6.45, 7) is 0.600. The van der Waals surface area contributed by atoms with E-state index in [9.17, 15) is 9.59 Å². The van der Waals surface area contributed by atoms with E-state index in [2.05, 4.69) is 0 Å². The molecule has 0 spiro atoms. The first kappa shape index (κ1) is 10.2. The van der Waals surface area contributed by atoms with E-state index in [0.717, 1.165) is 11.4 Å². The van der Waals surface area contributed by atoms with E-state index >= 15 is 0 Å². The van der Waals surface area contributed by atoms with Crippen LogP contribution in [-0.4, -0.2) is 30.2 Å². The van der Waals surface area contributed by atoms with Gasteiger partial charge in [-0.1, -0.05) is 12.1 Å². The van der Waals surface area contributed by atoms with Gasteiger partial charge in [0.05, 0.1) is 11.3 Å². The lowest BCUT2D eigenvalue weighted by atomic mass is 10.1. The molecule has 0 aliphatic carbocycles. The Bertz CT molecular complexity index is 417. The second-order valence-electron chi connectivity index (χ2n) is 3.30. The number of anilines is 1. The summed E-state index contributed by atoms with van der Waals surface area (Å²) in [6, 6.07) is 7.14. The van der Waals surface area contributed by atoms with Crippen molar-refractivity contribution in [1.82, 2.24) is 0 Å². The van der Waals surface area contributed by atoms with Gasteiger partial charge in [-0.2, -0.15) is 11.8 Å². The second-order valence-corrected chi connectivity index (χ2v) is 4.28. The largest absolute Gasteiger partial charge is 0.304 e. The normalized spacial score (nSPS) is 14.6. The fourth-order valence-corrected chi connectivity index (χ4v) is 2.02. The smallest absolute Gasteiger partial charge is 0.299 e. The molecule has 2 rings (SSSR count). The number of hydrogen-bond acceptors (Lipinski definition) is 3. The van der Waals surface area contributed by atoms with Crippen molar-refractivity contribution in [2.24, 2.45) is 0 Å². The summed E-state index contributed by atoms with van der Waals surface area (Å²) < 4.78 is 0. The molecule has 1 aromatic rings. The van der Waals surface area contributed by atoms with Crippen LogP contribution in [0.3, 0.4) is 0 Å². The Morgan fingerprint density at radius 1 is 1.27 bits per heavy atom. The molecule has 0 radical (unpaired) electrons. The predicted molar refractivity (Wildman–Crippen MR) is 61.5 cm³/mol. The molecule has 4 heteroatoms. The number of amides is 1. The summed E-state index contributed by atoms with van der Waals surface area (Å²) >= 11 is 1.66. The van der Waals surface area contributed by atoms with Gasteiger partial charge >= 0.3 is 0 Å². The first-order chi connectivity index (χ1) is 7.25. The number of hydrogen-bond donors (Lipinski definition) is 0. The van der Waals surface area contributed by atoms with Gasteiger partial charge in [0.25, 0.3) is 11.7 Å². The highest BCUT2D eigenvalue weighted by Crippen LogP contribution is 2.28. The molecule has 0 aromatic heterocycles. The summed E-state index contributed by atoms with van der Waals surface area (Å²) in [5.41, 5.74) is 1.28. The minimum atomic E-state index is -0.398. The first-order valence-electron chi connectivity index (χ1n) is 4.70. The number of carbonyl (C=O) groups excluding carboxylic acids is 2. The van der Waals surface area contributed by atoms with E-state index in [1.54, 1.807) is 28.8 Å². The molecule has 15 heavy (non-hydrogen) atoms. The highest BCUT2D eigenvalue weighted by Gasteiger charge is 2.34. The molecule has 0 saturated carbocycles. The van der Waals surface area contributed by atoms with Crippen molar-refractivity contribution in [1.29, 1.82) is 0 Å². The number of fused-ring (bicyclic) bond motifs is 1. The maximum absolute atomic E-state index is 11.6. The SMILES string of the molecule is CSCCN1C(=O)C(=O)c2ccccc21. The zero-order chi connectivity index (χ0) is 10.8. The van der Waals surface area contributed by atoms with Gasteiger partial charge in [0, 0.05) is 12.3 Å². The fourth-order valence-electron chi connectivity index (χ4n) is 1.65. The van der Waals surface area contributed by atoms with Crippen LogP contribution in [0.4, 0.5) is 5.69 Å². The number of Topliss-reactive ketones (excluding diaryl/α,β-unsaturated/α-hetero) is 1. The lowest BCUT2D eigenvalue weighted by molar-refractivity contribution is -0.114. The average molecular weight is 221 g/mol. The highest BCUT2D eigenvalue weighted by atomic mass is 32.2. The first-order valence-corrected chi connectivity index (χ1v) is 6.09. The van der Waals surface area contributed by atoms with E-state index in [-0.39, 0.29) is 5.78 Å². The molecule has 0 saturated heterocycles. The third-order valence-corrected chi connectivity index (χ3v) is 2.99. The second kappa shape index (κ2) is 4.06. The Labute approximate surface area is 92.5 Å². The van der Waals surface area contributed by atoms with Gasteiger partial charge in [0.1, 0.15) is 0 Å². The molecule has 1 aliphatic rings. The van der Waals surface area contributed by atoms with Crippen LogP contribution in [0.1, 0.15) is 10.4 Å². The van der Waals surface area contributed by atoms with Gasteiger partial charge in [-0.05, 0) is 18.4 Å². The van der Waals surface area contributed by atoms with Gasteiger partial charge in [0.15, 0.2) is 0 Å². The molecule has 3 nitrogen and oxygen atoms in total. The zero-order valence-corrected chi connectivity index (χ0v) is 9.21. The molecule has 0 fully saturated rings. The lowest BCUT2D eigenvalue weighted by Gasteiger charge is -2.15. The van der Waals surface area contributed by atoms with E-state index in [1.807, 2.05) is 18.4 Å². The maximum atomic E-state index is 11.6. The van der Waals surface area contributed by atoms with Crippen LogP contribution < -0.4 is 4.90 Å². The number of ketones is 1. The zero-order valence-electron chi connectivity index (χ0n) is 8.40. The Morgan fingerprint density at radius 2 is 2.00 bits per heavy atom. The molecule has 0 atom stereocenters. The molecule has 1 aliphatic heterocycles. The van der Waals surface area contributed by atoms with Gasteiger partial charge in [-0.3, -0.25) is 9.59 Å². The third kappa shape index (κ3) is 1.65. The topological polar surface area (TPSA) is 37.4 Å². The van der Waals surface area contributed by atoms with E-state index in [0.29, 0.717) is 12.1 Å². The Kier molecular flexibility index (Phi) is 2.77. The minimum absolute atomic E-state index is 0.383. The van der Waals surface area contributed by atoms with Gasteiger partial charge < -0.3 is 4.90 Å². The van der Waals surface area contributed by atoms with Crippen LogP contribution in [0, 0.1) is 0 Å². The van der Waals surface area contributed by atoms with Crippen molar-refractivity contribution >= 4 is 29.1 Å². The molecule has 0 bridgehead atoms. The molecular weight excluding hydrogens is 210 g/mol. The monoisotopic (exact) mass is 221 g/mol. The van der Waals surface area contributed by atoms with Crippen LogP contribution in [0.15, 0.2) is 24.3 Å². The van der Waals surface area contributed by atoms with Crippen LogP contribution in [0.2, 0.25) is 0 Å². The van der Waals surface area contributed by atoms with E-state index in [4.69, 9.17) is 0 Å². The van der Waals surface area contributed by atoms with Crippen molar-refractivity contribution in [3.05, 3.63) is 29.8 Å². The summed E-state index contributed by atoms with van der Waals surface area (Å²) in [5, 5.41) is 0. The third-order valence-electron chi connectivity index (χ3n) is 2.40. The quantitative estimate of drug-likeness (QED) is 0.727. The molecule has 1 amide bonds. The van der Waals surface area contributed by atoms with Crippen molar-refractivity contribution in [3.8, 4) is 0 Å². The molecule has 1 aromatic carbocycles. The molecule has 0 unspecified atom stereocenters. The maximum Gasteiger partial charge on any atom is 0.299 e. The molecule has 0 N–H and O–H groups in total. The van der Waals surface area contributed by atoms with Gasteiger partial charge in [-0.25, -0.2) is 0 Å². The van der Waals surface area contributed by atoms with Crippen molar-refractivity contribution < 1.29 is 9.59 Å². The van der Waals surface area contributed by atoms with E-state index < -0.39 is 5.91 Å². The molecular formula is C11H11NO2S. The minimum Gasteiger partial charge on any atom is -0.304 e. The number of benzene rings is 1. The Balaban J connectivity index is 2.34. The average Bonchev–Trinajstić information content (AvgIpc) is 2.51. The fraction of sp³-hybridized carbons (Fsp3) is 0.273. The summed E-state index contributed by atoms with van der Waals surface area (Å²) in [5.74, 6) is 0.0600. The highest BCUT2D eigenvalue weighted by molar-refractivity contribution is 7.98. The number of carbonyl (C=O) groups is 2. The van der Waals surface area contributed by atoms with Gasteiger partial charge in [0.2, 0.25) is 0 Å². The predicted octanol–water partition coefficient (Wildman–Crippen LogP) is 1.58. The van der Waals surface area contributed by atoms with Crippen LogP contribution in [0.5, 0.6) is 0 Å². The Morgan fingerprint density at radius 3 is 2.73 bits per heavy atom. The molecule has 78 valence electrons. The van der Waals surface area contributed by atoms with E-state index in [1.165, 1.54) is 0 Å². The van der Waals surface area contributed by atoms with Crippen LogP contribution >= 0.6 is 11.8 Å². The van der Waals surface area contributed by atoms with Crippen LogP contribution in [-0.2, 0) is 4.79 Å². The summed E-state index contributed by atoms with van der Waals surface area (Å²) in [7, 11) is 0. The lowest BCUT2D eigenvalue weighted by Crippen LogP contribution is -2.31. The van der Waals surface area contributed by atoms with Crippen molar-refractivity contribution in [2.45, 2.75) is 0 Å². The van der Waals surface area contributed by atoms with Crippen molar-refractivity contribution in [3.63, 3.8) is 0 Å². The number of nitrogens with zero attached hydrogens (tertiary/aromatic N) is 1. The molecule has 1 heterocycles. The van der Waals surface area contributed by atoms with Crippen molar-refractivity contribution in [2.75, 3.05) is 23.5 Å². The Hall–Kier alpha value is -1.29. The number of thioether (sulfide) groups is 1.